The molecule has 1 atom stereocenters. The van der Waals surface area contributed by atoms with Crippen LogP contribution in [0.1, 0.15) is 113 Å². The molecule has 6 amide bonds. The van der Waals surface area contributed by atoms with Gasteiger partial charge < -0.3 is 10.2 Å². The SMILES string of the molecule is CN(Cc1ccc(SCc2cn(-c3cccc(C(=O)NO)c3)nn2)cc1)C(=O)CCCCCCCCCCNc1ccc2c(c1)C(=O)N(C1CCC(=O)NC1=O)C2=O. The van der Waals surface area contributed by atoms with Crippen molar-refractivity contribution in [2.75, 3.05) is 18.9 Å². The largest absolute Gasteiger partial charge is 0.385 e. The quantitative estimate of drug-likeness (QED) is 0.0283. The summed E-state index contributed by atoms with van der Waals surface area (Å²) in [6.45, 7) is 1.28. The van der Waals surface area contributed by atoms with Crippen molar-refractivity contribution in [1.82, 2.24) is 35.6 Å². The number of rotatable bonds is 20. The Labute approximate surface area is 340 Å². The summed E-state index contributed by atoms with van der Waals surface area (Å²) < 4.78 is 1.59. The molecule has 4 N–H and O–H groups in total. The highest BCUT2D eigenvalue weighted by molar-refractivity contribution is 7.98. The number of carbonyl (C=O) groups excluding carboxylic acids is 6. The second-order valence-corrected chi connectivity index (χ2v) is 15.6. The minimum absolute atomic E-state index is 0.0872. The molecule has 1 saturated heterocycles. The minimum atomic E-state index is -0.973. The summed E-state index contributed by atoms with van der Waals surface area (Å²) in [4.78, 5) is 78.1. The number of fused-ring (bicyclic) bond motifs is 1. The number of anilines is 1. The molecular weight excluding hydrogens is 761 g/mol. The third-order valence-corrected chi connectivity index (χ3v) is 11.3. The van der Waals surface area contributed by atoms with Gasteiger partial charge in [-0.1, -0.05) is 61.9 Å². The van der Waals surface area contributed by atoms with E-state index in [9.17, 15) is 28.8 Å². The van der Waals surface area contributed by atoms with Crippen LogP contribution in [0.2, 0.25) is 0 Å². The molecule has 0 bridgehead atoms. The Kier molecular flexibility index (Phi) is 14.4. The van der Waals surface area contributed by atoms with Crippen molar-refractivity contribution in [1.29, 1.82) is 0 Å². The van der Waals surface area contributed by atoms with Crippen LogP contribution in [-0.2, 0) is 26.7 Å². The summed E-state index contributed by atoms with van der Waals surface area (Å²) in [7, 11) is 1.84. The van der Waals surface area contributed by atoms with E-state index < -0.39 is 35.6 Å². The topological polar surface area (TPSA) is 196 Å². The molecule has 2 aliphatic rings. The monoisotopic (exact) mass is 808 g/mol. The van der Waals surface area contributed by atoms with Gasteiger partial charge in [0.2, 0.25) is 17.7 Å². The molecule has 6 rings (SSSR count). The van der Waals surface area contributed by atoms with Crippen molar-refractivity contribution in [3.05, 3.63) is 101 Å². The maximum Gasteiger partial charge on any atom is 0.274 e. The predicted molar refractivity (Wildman–Crippen MR) is 216 cm³/mol. The van der Waals surface area contributed by atoms with Gasteiger partial charge in [0, 0.05) is 54.9 Å². The predicted octanol–water partition coefficient (Wildman–Crippen LogP) is 5.66. The number of hydrogen-bond acceptors (Lipinski definition) is 11. The summed E-state index contributed by atoms with van der Waals surface area (Å²) in [6, 6.07) is 18.9. The Morgan fingerprint density at radius 1 is 0.897 bits per heavy atom. The Morgan fingerprint density at radius 3 is 2.36 bits per heavy atom. The fourth-order valence-corrected chi connectivity index (χ4v) is 7.80. The normalized spacial score (nSPS) is 15.0. The maximum atomic E-state index is 13.0. The van der Waals surface area contributed by atoms with Gasteiger partial charge in [-0.25, -0.2) is 10.2 Å². The van der Waals surface area contributed by atoms with Crippen LogP contribution in [0, 0.1) is 0 Å². The van der Waals surface area contributed by atoms with Crippen LogP contribution in [0.15, 0.2) is 77.8 Å². The number of thioether (sulfide) groups is 1. The van der Waals surface area contributed by atoms with Gasteiger partial charge in [-0.05, 0) is 73.4 Å². The van der Waals surface area contributed by atoms with E-state index in [0.29, 0.717) is 30.0 Å². The average Bonchev–Trinajstić information content (AvgIpc) is 3.81. The number of unbranched alkanes of at least 4 members (excludes halogenated alkanes) is 7. The fourth-order valence-electron chi connectivity index (χ4n) is 7.02. The maximum absolute atomic E-state index is 13.0. The van der Waals surface area contributed by atoms with E-state index in [2.05, 4.69) is 20.9 Å². The standard InChI is InChI=1S/C42H48N8O7S/c1-48(25-28-14-17-33(18-15-28)58-27-31-26-49(47-45-31)32-12-10-11-29(23-32)39(53)46-57)38(52)13-8-6-4-2-3-5-7-9-22-43-30-16-19-34-35(24-30)42(56)50(41(34)55)36-20-21-37(51)44-40(36)54/h10-12,14-19,23-24,26,36,43,57H,2-9,13,20-22,25,27H2,1H3,(H,46,53)(H,44,51,54). The van der Waals surface area contributed by atoms with Gasteiger partial charge in [0.05, 0.1) is 28.7 Å². The molecule has 1 fully saturated rings. The number of piperidine rings is 1. The first kappa shape index (κ1) is 41.8. The van der Waals surface area contributed by atoms with Gasteiger partial charge in [0.25, 0.3) is 17.7 Å². The van der Waals surface area contributed by atoms with E-state index in [-0.39, 0.29) is 29.9 Å². The van der Waals surface area contributed by atoms with Crippen LogP contribution < -0.4 is 16.1 Å². The van der Waals surface area contributed by atoms with E-state index in [1.807, 2.05) is 31.3 Å². The molecule has 15 nitrogen and oxygen atoms in total. The number of nitrogens with one attached hydrogen (secondary N) is 3. The number of benzene rings is 3. The average molecular weight is 809 g/mol. The lowest BCUT2D eigenvalue weighted by atomic mass is 10.0. The molecule has 304 valence electrons. The molecule has 58 heavy (non-hydrogen) atoms. The highest BCUT2D eigenvalue weighted by Crippen LogP contribution is 2.30. The number of nitrogens with zero attached hydrogens (tertiary/aromatic N) is 5. The molecule has 0 radical (unpaired) electrons. The van der Waals surface area contributed by atoms with Crippen molar-refractivity contribution in [3.63, 3.8) is 0 Å². The molecule has 0 aliphatic carbocycles. The van der Waals surface area contributed by atoms with Crippen LogP contribution in [0.3, 0.4) is 0 Å². The highest BCUT2D eigenvalue weighted by atomic mass is 32.2. The van der Waals surface area contributed by atoms with Gasteiger partial charge in [-0.3, -0.25) is 44.2 Å². The summed E-state index contributed by atoms with van der Waals surface area (Å²) >= 11 is 1.63. The first-order chi connectivity index (χ1) is 28.1. The van der Waals surface area contributed by atoms with Crippen molar-refractivity contribution < 1.29 is 34.0 Å². The number of amides is 6. The first-order valence-corrected chi connectivity index (χ1v) is 20.6. The van der Waals surface area contributed by atoms with Crippen LogP contribution in [-0.4, -0.2) is 85.1 Å². The Bertz CT molecular complexity index is 2140. The van der Waals surface area contributed by atoms with Gasteiger partial charge in [0.1, 0.15) is 6.04 Å². The van der Waals surface area contributed by atoms with Crippen LogP contribution >= 0.6 is 11.8 Å². The molecule has 0 saturated carbocycles. The molecule has 3 aromatic carbocycles. The van der Waals surface area contributed by atoms with Gasteiger partial charge in [-0.2, -0.15) is 0 Å². The van der Waals surface area contributed by atoms with Gasteiger partial charge in [-0.15, -0.1) is 16.9 Å². The molecule has 1 unspecified atom stereocenters. The Balaban J connectivity index is 0.796. The molecule has 2 aliphatic heterocycles. The smallest absolute Gasteiger partial charge is 0.274 e. The molecule has 0 spiro atoms. The summed E-state index contributed by atoms with van der Waals surface area (Å²) in [5.41, 5.74) is 5.72. The molecule has 1 aromatic heterocycles. The van der Waals surface area contributed by atoms with E-state index in [4.69, 9.17) is 5.21 Å². The van der Waals surface area contributed by atoms with Crippen molar-refractivity contribution in [3.8, 4) is 5.69 Å². The minimum Gasteiger partial charge on any atom is -0.385 e. The molecule has 16 heteroatoms. The van der Waals surface area contributed by atoms with Gasteiger partial charge in [0.15, 0.2) is 0 Å². The number of imide groups is 2. The van der Waals surface area contributed by atoms with Crippen LogP contribution in [0.4, 0.5) is 5.69 Å². The highest BCUT2D eigenvalue weighted by Gasteiger charge is 2.44. The van der Waals surface area contributed by atoms with Crippen molar-refractivity contribution in [2.45, 2.75) is 93.9 Å². The summed E-state index contributed by atoms with van der Waals surface area (Å²) in [5.74, 6) is -1.88. The first-order valence-electron chi connectivity index (χ1n) is 19.6. The number of carbonyl (C=O) groups is 6. The molecule has 4 aromatic rings. The van der Waals surface area contributed by atoms with Crippen LogP contribution in [0.25, 0.3) is 5.69 Å². The number of aromatic nitrogens is 3. The molecular formula is C42H48N8O7S. The summed E-state index contributed by atoms with van der Waals surface area (Å²) in [6.07, 6.45) is 11.0. The van der Waals surface area contributed by atoms with E-state index in [0.717, 1.165) is 84.7 Å². The zero-order chi connectivity index (χ0) is 41.0. The lowest BCUT2D eigenvalue weighted by Gasteiger charge is -2.27. The second-order valence-electron chi connectivity index (χ2n) is 14.5. The van der Waals surface area contributed by atoms with Crippen LogP contribution in [0.5, 0.6) is 0 Å². The number of hydrogen-bond donors (Lipinski definition) is 4. The Morgan fingerprint density at radius 2 is 1.62 bits per heavy atom. The van der Waals surface area contributed by atoms with E-state index >= 15 is 0 Å². The van der Waals surface area contributed by atoms with E-state index in [1.165, 1.54) is 0 Å². The lowest BCUT2D eigenvalue weighted by Crippen LogP contribution is -2.54. The molecule has 3 heterocycles. The fraction of sp³-hybridized carbons (Fsp3) is 0.381. The third-order valence-electron chi connectivity index (χ3n) is 10.3. The zero-order valence-electron chi connectivity index (χ0n) is 32.4. The summed E-state index contributed by atoms with van der Waals surface area (Å²) in [5, 5.41) is 22.8. The van der Waals surface area contributed by atoms with Crippen molar-refractivity contribution >= 4 is 52.9 Å². The lowest BCUT2D eigenvalue weighted by molar-refractivity contribution is -0.136. The number of hydroxylamine groups is 1. The third kappa shape index (κ3) is 10.7. The van der Waals surface area contributed by atoms with Crippen molar-refractivity contribution in [2.24, 2.45) is 0 Å². The van der Waals surface area contributed by atoms with Gasteiger partial charge >= 0.3 is 0 Å². The van der Waals surface area contributed by atoms with E-state index in [1.54, 1.807) is 75.5 Å². The zero-order valence-corrected chi connectivity index (χ0v) is 33.3. The Hall–Kier alpha value is -5.87. The second kappa shape index (κ2) is 20.0.